The highest BCUT2D eigenvalue weighted by Crippen LogP contribution is 2.37. The molecule has 18 heavy (non-hydrogen) atoms. The molecule has 1 aromatic carbocycles. The Morgan fingerprint density at radius 1 is 1.33 bits per heavy atom. The van der Waals surface area contributed by atoms with E-state index in [0.29, 0.717) is 5.02 Å². The number of hydrogen-bond acceptors (Lipinski definition) is 2. The molecule has 0 bridgehead atoms. The third kappa shape index (κ3) is 4.34. The van der Waals surface area contributed by atoms with Gasteiger partial charge in [0.05, 0.1) is 12.1 Å². The fourth-order valence-electron chi connectivity index (χ4n) is 1.90. The predicted octanol–water partition coefficient (Wildman–Crippen LogP) is 3.96. The van der Waals surface area contributed by atoms with Crippen LogP contribution in [0.25, 0.3) is 0 Å². The Bertz CT molecular complexity index is 398. The number of hydrogen-bond donors (Lipinski definition) is 1. The fourth-order valence-corrected chi connectivity index (χ4v) is 2.22. The lowest BCUT2D eigenvalue weighted by Crippen LogP contribution is -2.19. The van der Waals surface area contributed by atoms with Crippen molar-refractivity contribution < 1.29 is 4.74 Å². The summed E-state index contributed by atoms with van der Waals surface area (Å²) in [5.74, 6) is 0.771. The Balaban J connectivity index is 0.00000289. The lowest BCUT2D eigenvalue weighted by molar-refractivity contribution is 0.397. The van der Waals surface area contributed by atoms with Crippen molar-refractivity contribution in [1.29, 1.82) is 0 Å². The fraction of sp³-hybridized carbons (Fsp3) is 0.571. The summed E-state index contributed by atoms with van der Waals surface area (Å²) < 4.78 is 5.40. The second kappa shape index (κ2) is 6.65. The summed E-state index contributed by atoms with van der Waals surface area (Å²) in [4.78, 5) is 0. The van der Waals surface area contributed by atoms with E-state index in [0.717, 1.165) is 23.3 Å². The molecule has 0 aliphatic heterocycles. The topological polar surface area (TPSA) is 35.2 Å². The molecule has 0 heterocycles. The van der Waals surface area contributed by atoms with Crippen LogP contribution in [0.5, 0.6) is 5.75 Å². The van der Waals surface area contributed by atoms with Gasteiger partial charge in [0.25, 0.3) is 0 Å². The van der Waals surface area contributed by atoms with Crippen LogP contribution in [0.4, 0.5) is 0 Å². The van der Waals surface area contributed by atoms with Gasteiger partial charge < -0.3 is 10.5 Å². The molecule has 4 heteroatoms. The van der Waals surface area contributed by atoms with Crippen LogP contribution in [0.2, 0.25) is 5.02 Å². The van der Waals surface area contributed by atoms with Crippen LogP contribution in [0.3, 0.4) is 0 Å². The van der Waals surface area contributed by atoms with Crippen LogP contribution < -0.4 is 10.5 Å². The first kappa shape index (κ1) is 17.6. The summed E-state index contributed by atoms with van der Waals surface area (Å²) in [5, 5.41) is 0.663. The van der Waals surface area contributed by atoms with Gasteiger partial charge in [-0.3, -0.25) is 0 Å². The van der Waals surface area contributed by atoms with E-state index < -0.39 is 0 Å². The number of rotatable bonds is 3. The van der Waals surface area contributed by atoms with Crippen LogP contribution in [-0.2, 0) is 11.8 Å². The molecule has 1 atom stereocenters. The summed E-state index contributed by atoms with van der Waals surface area (Å²) in [6.45, 7) is 8.44. The van der Waals surface area contributed by atoms with Gasteiger partial charge in [0.2, 0.25) is 0 Å². The Hall–Kier alpha value is -0.440. The summed E-state index contributed by atoms with van der Waals surface area (Å²) in [6.07, 6.45) is 0.826. The number of halogens is 2. The smallest absolute Gasteiger partial charge is 0.141 e. The van der Waals surface area contributed by atoms with Gasteiger partial charge in [-0.2, -0.15) is 0 Å². The number of methoxy groups -OCH3 is 1. The number of nitrogens with two attached hydrogens (primary N) is 1. The maximum absolute atomic E-state index is 6.26. The quantitative estimate of drug-likeness (QED) is 0.915. The lowest BCUT2D eigenvalue weighted by atomic mass is 9.84. The maximum Gasteiger partial charge on any atom is 0.141 e. The highest BCUT2D eigenvalue weighted by atomic mass is 35.5. The molecule has 0 amide bonds. The van der Waals surface area contributed by atoms with E-state index in [-0.39, 0.29) is 23.9 Å². The molecule has 0 radical (unpaired) electrons. The minimum absolute atomic E-state index is 0. The van der Waals surface area contributed by atoms with Gasteiger partial charge in [0, 0.05) is 11.6 Å². The third-order valence-electron chi connectivity index (χ3n) is 2.67. The Morgan fingerprint density at radius 3 is 2.28 bits per heavy atom. The lowest BCUT2D eigenvalue weighted by Gasteiger charge is -2.24. The Kier molecular flexibility index (Phi) is 6.48. The van der Waals surface area contributed by atoms with E-state index in [1.165, 1.54) is 0 Å². The van der Waals surface area contributed by atoms with Crippen LogP contribution >= 0.6 is 24.0 Å². The van der Waals surface area contributed by atoms with E-state index in [1.807, 2.05) is 13.0 Å². The van der Waals surface area contributed by atoms with Gasteiger partial charge in [-0.15, -0.1) is 12.4 Å². The van der Waals surface area contributed by atoms with Crippen molar-refractivity contribution in [2.75, 3.05) is 7.11 Å². The standard InChI is InChI=1S/C14H22ClNO.ClH/c1-9(16)6-10-7-11(14(2,3)4)13(17-5)12(15)8-10;/h7-9H,6,16H2,1-5H3;1H. The Morgan fingerprint density at radius 2 is 1.89 bits per heavy atom. The molecule has 0 aliphatic carbocycles. The summed E-state index contributed by atoms with van der Waals surface area (Å²) in [5.41, 5.74) is 8.12. The van der Waals surface area contributed by atoms with Crippen molar-refractivity contribution >= 4 is 24.0 Å². The zero-order valence-corrected chi connectivity index (χ0v) is 13.3. The molecular weight excluding hydrogens is 269 g/mol. The van der Waals surface area contributed by atoms with Crippen molar-refractivity contribution in [2.45, 2.75) is 45.6 Å². The van der Waals surface area contributed by atoms with E-state index in [9.17, 15) is 0 Å². The van der Waals surface area contributed by atoms with Gasteiger partial charge in [-0.1, -0.05) is 38.4 Å². The molecule has 1 aromatic rings. The highest BCUT2D eigenvalue weighted by molar-refractivity contribution is 6.32. The highest BCUT2D eigenvalue weighted by Gasteiger charge is 2.22. The monoisotopic (exact) mass is 291 g/mol. The minimum atomic E-state index is 0. The number of ether oxygens (including phenoxy) is 1. The summed E-state index contributed by atoms with van der Waals surface area (Å²) in [6, 6.07) is 4.22. The molecule has 2 nitrogen and oxygen atoms in total. The first-order chi connectivity index (χ1) is 7.75. The SMILES string of the molecule is COc1c(Cl)cc(CC(C)N)cc1C(C)(C)C.Cl. The average molecular weight is 292 g/mol. The van der Waals surface area contributed by atoms with E-state index in [1.54, 1.807) is 7.11 Å². The number of benzene rings is 1. The van der Waals surface area contributed by atoms with Crippen LogP contribution in [0.15, 0.2) is 12.1 Å². The molecule has 0 aliphatic rings. The second-order valence-electron chi connectivity index (χ2n) is 5.59. The summed E-state index contributed by atoms with van der Waals surface area (Å²) in [7, 11) is 1.65. The normalized spacial score (nSPS) is 12.8. The first-order valence-corrected chi connectivity index (χ1v) is 6.26. The van der Waals surface area contributed by atoms with Gasteiger partial charge >= 0.3 is 0 Å². The maximum atomic E-state index is 6.26. The molecule has 0 fully saturated rings. The zero-order valence-electron chi connectivity index (χ0n) is 11.7. The molecule has 2 N–H and O–H groups in total. The third-order valence-corrected chi connectivity index (χ3v) is 2.95. The van der Waals surface area contributed by atoms with Crippen LogP contribution in [0, 0.1) is 0 Å². The molecule has 0 aromatic heterocycles. The zero-order chi connectivity index (χ0) is 13.2. The van der Waals surface area contributed by atoms with Crippen molar-refractivity contribution in [2.24, 2.45) is 5.73 Å². The largest absolute Gasteiger partial charge is 0.495 e. The van der Waals surface area contributed by atoms with Crippen molar-refractivity contribution in [1.82, 2.24) is 0 Å². The summed E-state index contributed by atoms with van der Waals surface area (Å²) >= 11 is 6.26. The minimum Gasteiger partial charge on any atom is -0.495 e. The van der Waals surface area contributed by atoms with Gasteiger partial charge in [0.1, 0.15) is 5.75 Å². The molecule has 0 spiro atoms. The Labute approximate surface area is 121 Å². The molecule has 1 unspecified atom stereocenters. The van der Waals surface area contributed by atoms with Crippen LogP contribution in [0.1, 0.15) is 38.8 Å². The van der Waals surface area contributed by atoms with Crippen molar-refractivity contribution in [3.8, 4) is 5.75 Å². The van der Waals surface area contributed by atoms with Crippen LogP contribution in [-0.4, -0.2) is 13.2 Å². The molecule has 1 rings (SSSR count). The van der Waals surface area contributed by atoms with Gasteiger partial charge in [0.15, 0.2) is 0 Å². The van der Waals surface area contributed by atoms with Crippen molar-refractivity contribution in [3.63, 3.8) is 0 Å². The first-order valence-electron chi connectivity index (χ1n) is 5.88. The van der Waals surface area contributed by atoms with E-state index in [4.69, 9.17) is 22.1 Å². The van der Waals surface area contributed by atoms with Gasteiger partial charge in [-0.05, 0) is 30.4 Å². The molecular formula is C14H23Cl2NO. The second-order valence-corrected chi connectivity index (χ2v) is 6.00. The average Bonchev–Trinajstić information content (AvgIpc) is 2.14. The van der Waals surface area contributed by atoms with Crippen molar-refractivity contribution in [3.05, 3.63) is 28.3 Å². The molecule has 0 saturated carbocycles. The van der Waals surface area contributed by atoms with E-state index in [2.05, 4.69) is 26.8 Å². The molecule has 104 valence electrons. The van der Waals surface area contributed by atoms with E-state index >= 15 is 0 Å². The van der Waals surface area contributed by atoms with Gasteiger partial charge in [-0.25, -0.2) is 0 Å². The molecule has 0 saturated heterocycles. The predicted molar refractivity (Wildman–Crippen MR) is 81.3 cm³/mol.